The van der Waals surface area contributed by atoms with E-state index >= 15 is 0 Å². The molecule has 1 N–H and O–H groups in total. The van der Waals surface area contributed by atoms with Crippen molar-refractivity contribution in [1.82, 2.24) is 20.0 Å². The zero-order chi connectivity index (χ0) is 21.3. The van der Waals surface area contributed by atoms with Crippen LogP contribution in [0.2, 0.25) is 0 Å². The summed E-state index contributed by atoms with van der Waals surface area (Å²) in [5, 5.41) is 3.53. The molecule has 180 valence electrons. The molecule has 1 amide bonds. The third-order valence-electron chi connectivity index (χ3n) is 6.15. The summed E-state index contributed by atoms with van der Waals surface area (Å²) in [6.07, 6.45) is 3.62. The second-order valence-corrected chi connectivity index (χ2v) is 8.41. The van der Waals surface area contributed by atoms with E-state index in [1.807, 2.05) is 17.0 Å². The van der Waals surface area contributed by atoms with Crippen LogP contribution in [-0.2, 0) is 20.7 Å². The van der Waals surface area contributed by atoms with E-state index in [9.17, 15) is 4.79 Å². The Bertz CT molecular complexity index is 697. The van der Waals surface area contributed by atoms with Gasteiger partial charge in [0.1, 0.15) is 5.76 Å². The summed E-state index contributed by atoms with van der Waals surface area (Å²) in [6, 6.07) is 3.92. The number of nitrogens with zero attached hydrogens (tertiary/aromatic N) is 4. The van der Waals surface area contributed by atoms with Crippen LogP contribution in [0, 0.1) is 5.92 Å². The molecule has 4 rings (SSSR count). The van der Waals surface area contributed by atoms with E-state index in [1.165, 1.54) is 0 Å². The van der Waals surface area contributed by atoms with Gasteiger partial charge in [-0.25, -0.2) is 0 Å². The van der Waals surface area contributed by atoms with Crippen molar-refractivity contribution in [2.24, 2.45) is 10.9 Å². The van der Waals surface area contributed by atoms with E-state index in [0.29, 0.717) is 38.8 Å². The number of ether oxygens (including phenoxy) is 2. The minimum Gasteiger partial charge on any atom is -0.469 e. The van der Waals surface area contributed by atoms with Crippen molar-refractivity contribution >= 4 is 35.8 Å². The van der Waals surface area contributed by atoms with Gasteiger partial charge in [0.25, 0.3) is 0 Å². The Balaban J connectivity index is 0.00000289. The summed E-state index contributed by atoms with van der Waals surface area (Å²) in [6.45, 7) is 9.88. The van der Waals surface area contributed by atoms with Crippen LogP contribution in [-0.4, -0.2) is 112 Å². The molecule has 10 heteroatoms. The van der Waals surface area contributed by atoms with Crippen LogP contribution in [0.25, 0.3) is 0 Å². The van der Waals surface area contributed by atoms with E-state index in [1.54, 1.807) is 6.26 Å². The fourth-order valence-corrected chi connectivity index (χ4v) is 4.18. The van der Waals surface area contributed by atoms with Gasteiger partial charge in [0.2, 0.25) is 5.91 Å². The van der Waals surface area contributed by atoms with Crippen LogP contribution >= 0.6 is 24.0 Å². The first-order valence-electron chi connectivity index (χ1n) is 11.5. The predicted molar refractivity (Wildman–Crippen MR) is 132 cm³/mol. The van der Waals surface area contributed by atoms with E-state index in [-0.39, 0.29) is 29.9 Å². The molecule has 9 nitrogen and oxygen atoms in total. The highest BCUT2D eigenvalue weighted by Crippen LogP contribution is 2.13. The molecular weight excluding hydrogens is 525 g/mol. The fraction of sp³-hybridized carbons (Fsp3) is 0.727. The molecule has 3 aliphatic heterocycles. The van der Waals surface area contributed by atoms with Gasteiger partial charge in [-0.05, 0) is 18.6 Å². The van der Waals surface area contributed by atoms with Gasteiger partial charge in [-0.2, -0.15) is 0 Å². The molecule has 32 heavy (non-hydrogen) atoms. The van der Waals surface area contributed by atoms with Gasteiger partial charge in [0.05, 0.1) is 32.6 Å². The molecule has 3 fully saturated rings. The topological polar surface area (TPSA) is 82.8 Å². The Morgan fingerprint density at radius 2 is 1.88 bits per heavy atom. The third kappa shape index (κ3) is 7.60. The first kappa shape index (κ1) is 25.3. The Morgan fingerprint density at radius 1 is 1.06 bits per heavy atom. The number of carbonyl (C=O) groups is 1. The van der Waals surface area contributed by atoms with Crippen molar-refractivity contribution in [3.05, 3.63) is 24.2 Å². The van der Waals surface area contributed by atoms with Crippen molar-refractivity contribution in [1.29, 1.82) is 0 Å². The van der Waals surface area contributed by atoms with E-state index in [0.717, 1.165) is 77.0 Å². The molecule has 1 aromatic rings. The minimum absolute atomic E-state index is 0. The highest BCUT2D eigenvalue weighted by atomic mass is 127. The molecule has 1 unspecified atom stereocenters. The maximum atomic E-state index is 12.5. The maximum Gasteiger partial charge on any atom is 0.236 e. The molecule has 4 heterocycles. The molecule has 0 aliphatic carbocycles. The van der Waals surface area contributed by atoms with Crippen LogP contribution in [0.3, 0.4) is 0 Å². The number of morpholine rings is 1. The molecule has 1 aromatic heterocycles. The normalized spacial score (nSPS) is 22.6. The molecule has 0 spiro atoms. The summed E-state index contributed by atoms with van der Waals surface area (Å²) < 4.78 is 16.3. The maximum absolute atomic E-state index is 12.5. The van der Waals surface area contributed by atoms with E-state index in [2.05, 4.69) is 15.1 Å². The van der Waals surface area contributed by atoms with Gasteiger partial charge in [-0.3, -0.25) is 14.7 Å². The van der Waals surface area contributed by atoms with Crippen molar-refractivity contribution in [3.63, 3.8) is 0 Å². The molecule has 3 saturated heterocycles. The number of carbonyl (C=O) groups excluding carboxylic acids is 1. The fourth-order valence-electron chi connectivity index (χ4n) is 4.18. The van der Waals surface area contributed by atoms with Gasteiger partial charge in [-0.1, -0.05) is 0 Å². The second kappa shape index (κ2) is 13.4. The lowest BCUT2D eigenvalue weighted by Crippen LogP contribution is -2.55. The molecule has 0 radical (unpaired) electrons. The largest absolute Gasteiger partial charge is 0.469 e. The number of aliphatic imine (C=N–C) groups is 1. The zero-order valence-corrected chi connectivity index (χ0v) is 21.1. The molecule has 3 aliphatic rings. The average Bonchev–Trinajstić information content (AvgIpc) is 3.52. The lowest BCUT2D eigenvalue weighted by atomic mass is 10.1. The van der Waals surface area contributed by atoms with Gasteiger partial charge < -0.3 is 29.0 Å². The Hall–Kier alpha value is -1.37. The van der Waals surface area contributed by atoms with Gasteiger partial charge in [0, 0.05) is 71.3 Å². The number of hydrogen-bond acceptors (Lipinski definition) is 6. The van der Waals surface area contributed by atoms with Crippen molar-refractivity contribution in [2.75, 3.05) is 85.3 Å². The van der Waals surface area contributed by atoms with Crippen LogP contribution in [0.15, 0.2) is 27.8 Å². The summed E-state index contributed by atoms with van der Waals surface area (Å²) >= 11 is 0. The number of hydrogen-bond donors (Lipinski definition) is 1. The quantitative estimate of drug-likeness (QED) is 0.301. The molecule has 0 saturated carbocycles. The SMILES string of the molecule is I.O=C(CN1CCN(C(=NCC2CCOC2)NCCc2ccco2)CC1)N1CCOCC1. The van der Waals surface area contributed by atoms with Crippen LogP contribution in [0.5, 0.6) is 0 Å². The summed E-state index contributed by atoms with van der Waals surface area (Å²) in [5.41, 5.74) is 0. The number of furan rings is 1. The molecule has 1 atom stereocenters. The smallest absolute Gasteiger partial charge is 0.236 e. The standard InChI is InChI=1S/C22H35N5O4.HI/c28-21(26-10-14-29-15-11-26)17-25-6-8-27(9-7-25)22(24-16-19-4-13-30-18-19)23-5-3-20-2-1-12-31-20;/h1-2,12,19H,3-11,13-18H2,(H,23,24);1H. The average molecular weight is 561 g/mol. The van der Waals surface area contributed by atoms with Crippen LogP contribution in [0.1, 0.15) is 12.2 Å². The second-order valence-electron chi connectivity index (χ2n) is 8.41. The van der Waals surface area contributed by atoms with Crippen LogP contribution in [0.4, 0.5) is 0 Å². The number of halogens is 1. The van der Waals surface area contributed by atoms with Gasteiger partial charge in [0.15, 0.2) is 5.96 Å². The number of amides is 1. The first-order chi connectivity index (χ1) is 15.3. The number of rotatable bonds is 7. The van der Waals surface area contributed by atoms with Crippen molar-refractivity contribution in [3.8, 4) is 0 Å². The van der Waals surface area contributed by atoms with E-state index < -0.39 is 0 Å². The van der Waals surface area contributed by atoms with Crippen molar-refractivity contribution in [2.45, 2.75) is 12.8 Å². The Labute approximate surface area is 207 Å². The molecule has 0 bridgehead atoms. The third-order valence-corrected chi connectivity index (χ3v) is 6.15. The van der Waals surface area contributed by atoms with Gasteiger partial charge >= 0.3 is 0 Å². The summed E-state index contributed by atoms with van der Waals surface area (Å²) in [7, 11) is 0. The van der Waals surface area contributed by atoms with Crippen LogP contribution < -0.4 is 5.32 Å². The predicted octanol–water partition coefficient (Wildman–Crippen LogP) is 0.899. The number of piperazine rings is 1. The Morgan fingerprint density at radius 3 is 2.56 bits per heavy atom. The van der Waals surface area contributed by atoms with Crippen molar-refractivity contribution < 1.29 is 18.7 Å². The highest BCUT2D eigenvalue weighted by Gasteiger charge is 2.25. The highest BCUT2D eigenvalue weighted by molar-refractivity contribution is 14.0. The van der Waals surface area contributed by atoms with E-state index in [4.69, 9.17) is 18.9 Å². The molecule has 0 aromatic carbocycles. The zero-order valence-electron chi connectivity index (χ0n) is 18.7. The first-order valence-corrected chi connectivity index (χ1v) is 11.5. The summed E-state index contributed by atoms with van der Waals surface area (Å²) in [4.78, 5) is 23.9. The van der Waals surface area contributed by atoms with Gasteiger partial charge in [-0.15, -0.1) is 24.0 Å². The lowest BCUT2D eigenvalue weighted by molar-refractivity contribution is -0.136. The number of guanidine groups is 1. The lowest BCUT2D eigenvalue weighted by Gasteiger charge is -2.37. The monoisotopic (exact) mass is 561 g/mol. The summed E-state index contributed by atoms with van der Waals surface area (Å²) in [5.74, 6) is 2.65. The number of nitrogens with one attached hydrogen (secondary N) is 1. The molecular formula is C22H36IN5O4. The minimum atomic E-state index is 0. The Kier molecular flexibility index (Phi) is 10.5.